The van der Waals surface area contributed by atoms with Crippen LogP contribution in [0.5, 0.6) is 0 Å². The van der Waals surface area contributed by atoms with Crippen LogP contribution in [-0.2, 0) is 0 Å². The summed E-state index contributed by atoms with van der Waals surface area (Å²) in [4.78, 5) is 10.7. The van der Waals surface area contributed by atoms with Crippen molar-refractivity contribution in [3.63, 3.8) is 0 Å². The Balaban J connectivity index is 2.82. The molecule has 2 N–H and O–H groups in total. The molecule has 96 valence electrons. The van der Waals surface area contributed by atoms with Crippen LogP contribution < -0.4 is 10.6 Å². The first-order valence-electron chi connectivity index (χ1n) is 6.53. The zero-order chi connectivity index (χ0) is 12.7. The smallest absolute Gasteiger partial charge is 0.221 e. The third kappa shape index (κ3) is 4.21. The fourth-order valence-electron chi connectivity index (χ4n) is 1.79. The fraction of sp³-hybridized carbons (Fsp3) is 0.692. The average molecular weight is 236 g/mol. The highest BCUT2D eigenvalue weighted by atomic mass is 15.2. The molecule has 0 amide bonds. The average Bonchev–Trinajstić information content (AvgIpc) is 2.33. The molecule has 1 aromatic rings. The van der Waals surface area contributed by atoms with Gasteiger partial charge in [-0.3, -0.25) is 0 Å². The molecule has 4 heteroatoms. The van der Waals surface area contributed by atoms with Gasteiger partial charge in [0.15, 0.2) is 0 Å². The van der Waals surface area contributed by atoms with Gasteiger partial charge < -0.3 is 10.6 Å². The molecule has 0 unspecified atom stereocenters. The lowest BCUT2D eigenvalue weighted by Gasteiger charge is -2.25. The van der Waals surface area contributed by atoms with Gasteiger partial charge in [-0.2, -0.15) is 4.98 Å². The van der Waals surface area contributed by atoms with Crippen molar-refractivity contribution in [2.75, 3.05) is 23.7 Å². The van der Waals surface area contributed by atoms with E-state index in [2.05, 4.69) is 28.7 Å². The Morgan fingerprint density at radius 2 is 1.76 bits per heavy atom. The van der Waals surface area contributed by atoms with Gasteiger partial charge >= 0.3 is 0 Å². The molecule has 4 nitrogen and oxygen atoms in total. The third-order valence-electron chi connectivity index (χ3n) is 2.83. The van der Waals surface area contributed by atoms with Crippen LogP contribution in [0, 0.1) is 6.92 Å². The van der Waals surface area contributed by atoms with E-state index in [1.165, 1.54) is 25.7 Å². The minimum Gasteiger partial charge on any atom is -0.368 e. The van der Waals surface area contributed by atoms with Crippen LogP contribution in [0.25, 0.3) is 0 Å². The molecule has 0 aromatic carbocycles. The van der Waals surface area contributed by atoms with Crippen molar-refractivity contribution in [3.05, 3.63) is 11.8 Å². The predicted octanol–water partition coefficient (Wildman–Crippen LogP) is 2.77. The lowest BCUT2D eigenvalue weighted by atomic mass is 10.2. The van der Waals surface area contributed by atoms with Gasteiger partial charge in [0.2, 0.25) is 5.95 Å². The largest absolute Gasteiger partial charge is 0.368 e. The van der Waals surface area contributed by atoms with Crippen molar-refractivity contribution in [1.29, 1.82) is 0 Å². The molecule has 0 aliphatic rings. The van der Waals surface area contributed by atoms with E-state index < -0.39 is 0 Å². The Bertz CT molecular complexity index is 330. The second-order valence-corrected chi connectivity index (χ2v) is 4.43. The molecule has 0 aliphatic carbocycles. The maximum absolute atomic E-state index is 5.67. The Hall–Kier alpha value is -1.32. The SMILES string of the molecule is CCCCN(CCCC)c1nc(N)ncc1C. The summed E-state index contributed by atoms with van der Waals surface area (Å²) in [5.41, 5.74) is 6.78. The minimum atomic E-state index is 0.364. The van der Waals surface area contributed by atoms with E-state index in [0.717, 1.165) is 24.5 Å². The van der Waals surface area contributed by atoms with E-state index in [-0.39, 0.29) is 0 Å². The van der Waals surface area contributed by atoms with Gasteiger partial charge in [-0.15, -0.1) is 0 Å². The molecule has 0 spiro atoms. The molecular formula is C13H24N4. The molecule has 0 bridgehead atoms. The first-order valence-corrected chi connectivity index (χ1v) is 6.53. The molecule has 1 aromatic heterocycles. The molecule has 1 heterocycles. The van der Waals surface area contributed by atoms with Gasteiger partial charge in [-0.05, 0) is 19.8 Å². The van der Waals surface area contributed by atoms with Crippen LogP contribution in [0.15, 0.2) is 6.20 Å². The molecule has 0 saturated heterocycles. The van der Waals surface area contributed by atoms with Crippen LogP contribution in [0.1, 0.15) is 45.1 Å². The van der Waals surface area contributed by atoms with Crippen molar-refractivity contribution in [1.82, 2.24) is 9.97 Å². The summed E-state index contributed by atoms with van der Waals surface area (Å²) in [5.74, 6) is 1.36. The number of unbranched alkanes of at least 4 members (excludes halogenated alkanes) is 2. The molecule has 0 fully saturated rings. The minimum absolute atomic E-state index is 0.364. The van der Waals surface area contributed by atoms with Crippen molar-refractivity contribution < 1.29 is 0 Å². The van der Waals surface area contributed by atoms with Gasteiger partial charge in [0.05, 0.1) is 0 Å². The molecular weight excluding hydrogens is 212 g/mol. The number of hydrogen-bond donors (Lipinski definition) is 1. The Morgan fingerprint density at radius 1 is 1.18 bits per heavy atom. The Labute approximate surface area is 104 Å². The van der Waals surface area contributed by atoms with Gasteiger partial charge in [0.25, 0.3) is 0 Å². The maximum Gasteiger partial charge on any atom is 0.221 e. The first-order chi connectivity index (χ1) is 8.19. The number of nitrogens with two attached hydrogens (primary N) is 1. The standard InChI is InChI=1S/C13H24N4/c1-4-6-8-17(9-7-5-2)12-11(3)10-15-13(14)16-12/h10H,4-9H2,1-3H3,(H2,14,15,16). The second kappa shape index (κ2) is 7.09. The zero-order valence-electron chi connectivity index (χ0n) is 11.2. The van der Waals surface area contributed by atoms with Gasteiger partial charge in [0.1, 0.15) is 5.82 Å². The van der Waals surface area contributed by atoms with E-state index in [1.54, 1.807) is 0 Å². The number of nitrogen functional groups attached to an aromatic ring is 1. The van der Waals surface area contributed by atoms with Crippen molar-refractivity contribution >= 4 is 11.8 Å². The van der Waals surface area contributed by atoms with E-state index in [4.69, 9.17) is 5.73 Å². The normalized spacial score (nSPS) is 10.5. The summed E-state index contributed by atoms with van der Waals surface area (Å²) >= 11 is 0. The van der Waals surface area contributed by atoms with Crippen LogP contribution in [-0.4, -0.2) is 23.1 Å². The quantitative estimate of drug-likeness (QED) is 0.791. The highest BCUT2D eigenvalue weighted by Gasteiger charge is 2.10. The fourth-order valence-corrected chi connectivity index (χ4v) is 1.79. The summed E-state index contributed by atoms with van der Waals surface area (Å²) in [7, 11) is 0. The third-order valence-corrected chi connectivity index (χ3v) is 2.83. The summed E-state index contributed by atoms with van der Waals surface area (Å²) in [6, 6.07) is 0. The van der Waals surface area contributed by atoms with Crippen molar-refractivity contribution in [2.24, 2.45) is 0 Å². The highest BCUT2D eigenvalue weighted by molar-refractivity contribution is 5.47. The van der Waals surface area contributed by atoms with E-state index >= 15 is 0 Å². The highest BCUT2D eigenvalue weighted by Crippen LogP contribution is 2.18. The van der Waals surface area contributed by atoms with Crippen molar-refractivity contribution in [3.8, 4) is 0 Å². The van der Waals surface area contributed by atoms with Crippen LogP contribution in [0.2, 0.25) is 0 Å². The number of aromatic nitrogens is 2. The van der Waals surface area contributed by atoms with Crippen LogP contribution in [0.3, 0.4) is 0 Å². The number of nitrogens with zero attached hydrogens (tertiary/aromatic N) is 3. The lowest BCUT2D eigenvalue weighted by molar-refractivity contribution is 0.669. The summed E-state index contributed by atoms with van der Waals surface area (Å²) < 4.78 is 0. The predicted molar refractivity (Wildman–Crippen MR) is 73.2 cm³/mol. The molecule has 17 heavy (non-hydrogen) atoms. The molecule has 0 radical (unpaired) electrons. The monoisotopic (exact) mass is 236 g/mol. The summed E-state index contributed by atoms with van der Waals surface area (Å²) in [6.45, 7) is 8.56. The summed E-state index contributed by atoms with van der Waals surface area (Å²) in [6.07, 6.45) is 6.58. The van der Waals surface area contributed by atoms with Gasteiger partial charge in [-0.25, -0.2) is 4.98 Å². The van der Waals surface area contributed by atoms with E-state index in [0.29, 0.717) is 5.95 Å². The lowest BCUT2D eigenvalue weighted by Crippen LogP contribution is -2.27. The number of aryl methyl sites for hydroxylation is 1. The number of hydrogen-bond acceptors (Lipinski definition) is 4. The molecule has 0 aliphatic heterocycles. The molecule has 0 saturated carbocycles. The number of rotatable bonds is 7. The van der Waals surface area contributed by atoms with Gasteiger partial charge in [-0.1, -0.05) is 26.7 Å². The topological polar surface area (TPSA) is 55.0 Å². The van der Waals surface area contributed by atoms with E-state index in [1.807, 2.05) is 13.1 Å². The first kappa shape index (κ1) is 13.7. The van der Waals surface area contributed by atoms with E-state index in [9.17, 15) is 0 Å². The van der Waals surface area contributed by atoms with Crippen LogP contribution >= 0.6 is 0 Å². The summed E-state index contributed by atoms with van der Waals surface area (Å²) in [5, 5.41) is 0. The Kier molecular flexibility index (Phi) is 5.73. The van der Waals surface area contributed by atoms with Crippen molar-refractivity contribution in [2.45, 2.75) is 46.5 Å². The second-order valence-electron chi connectivity index (χ2n) is 4.43. The number of anilines is 2. The Morgan fingerprint density at radius 3 is 2.29 bits per heavy atom. The van der Waals surface area contributed by atoms with Crippen LogP contribution in [0.4, 0.5) is 11.8 Å². The van der Waals surface area contributed by atoms with Gasteiger partial charge in [0, 0.05) is 24.8 Å². The maximum atomic E-state index is 5.67. The molecule has 0 atom stereocenters. The zero-order valence-corrected chi connectivity index (χ0v) is 11.2. The molecule has 1 rings (SSSR count).